The number of rotatable bonds is 2. The minimum absolute atomic E-state index is 0.0435. The predicted molar refractivity (Wildman–Crippen MR) is 68.5 cm³/mol. The van der Waals surface area contributed by atoms with Crippen LogP contribution in [0.4, 0.5) is 0 Å². The molecule has 1 saturated carbocycles. The SMILES string of the molecule is NC1CCC(OC2CCOC3(CCOCC3)C2)C1. The zero-order valence-electron chi connectivity index (χ0n) is 11.1. The summed E-state index contributed by atoms with van der Waals surface area (Å²) in [5.74, 6) is 0. The average molecular weight is 255 g/mol. The van der Waals surface area contributed by atoms with Crippen LogP contribution in [0.5, 0.6) is 0 Å². The Hall–Kier alpha value is -0.160. The Bertz CT molecular complexity index is 273. The van der Waals surface area contributed by atoms with Crippen LogP contribution >= 0.6 is 0 Å². The summed E-state index contributed by atoms with van der Waals surface area (Å²) in [4.78, 5) is 0. The largest absolute Gasteiger partial charge is 0.381 e. The molecule has 0 aromatic rings. The van der Waals surface area contributed by atoms with Crippen molar-refractivity contribution in [2.24, 2.45) is 5.73 Å². The predicted octanol–water partition coefficient (Wildman–Crippen LogP) is 1.61. The summed E-state index contributed by atoms with van der Waals surface area (Å²) in [7, 11) is 0. The van der Waals surface area contributed by atoms with Crippen LogP contribution in [0.2, 0.25) is 0 Å². The van der Waals surface area contributed by atoms with Gasteiger partial charge in [-0.25, -0.2) is 0 Å². The first-order chi connectivity index (χ1) is 8.76. The standard InChI is InChI=1S/C14H25NO3/c15-11-1-2-12(9-11)18-13-3-6-17-14(10-13)4-7-16-8-5-14/h11-13H,1-10,15H2. The summed E-state index contributed by atoms with van der Waals surface area (Å²) in [5, 5.41) is 0. The monoisotopic (exact) mass is 255 g/mol. The molecule has 0 aromatic heterocycles. The van der Waals surface area contributed by atoms with Gasteiger partial charge in [0, 0.05) is 32.3 Å². The molecule has 0 aromatic carbocycles. The summed E-state index contributed by atoms with van der Waals surface area (Å²) in [6.07, 6.45) is 8.17. The Morgan fingerprint density at radius 2 is 1.83 bits per heavy atom. The molecule has 0 radical (unpaired) electrons. The minimum Gasteiger partial charge on any atom is -0.381 e. The molecule has 2 saturated heterocycles. The van der Waals surface area contributed by atoms with E-state index in [-0.39, 0.29) is 5.60 Å². The van der Waals surface area contributed by atoms with E-state index in [0.717, 1.165) is 64.8 Å². The summed E-state index contributed by atoms with van der Waals surface area (Å²) in [6.45, 7) is 2.51. The van der Waals surface area contributed by atoms with E-state index < -0.39 is 0 Å². The highest BCUT2D eigenvalue weighted by molar-refractivity contribution is 4.90. The van der Waals surface area contributed by atoms with Gasteiger partial charge < -0.3 is 19.9 Å². The molecular formula is C14H25NO3. The second-order valence-electron chi connectivity index (χ2n) is 6.09. The maximum atomic E-state index is 6.25. The molecule has 18 heavy (non-hydrogen) atoms. The highest BCUT2D eigenvalue weighted by Gasteiger charge is 2.40. The number of ether oxygens (including phenoxy) is 3. The molecule has 4 heteroatoms. The van der Waals surface area contributed by atoms with Crippen molar-refractivity contribution in [2.45, 2.75) is 68.8 Å². The fraction of sp³-hybridized carbons (Fsp3) is 1.00. The van der Waals surface area contributed by atoms with Gasteiger partial charge in [0.1, 0.15) is 0 Å². The minimum atomic E-state index is 0.0435. The molecule has 3 fully saturated rings. The third-order valence-corrected chi connectivity index (χ3v) is 4.66. The molecule has 3 atom stereocenters. The van der Waals surface area contributed by atoms with Crippen molar-refractivity contribution in [1.29, 1.82) is 0 Å². The van der Waals surface area contributed by atoms with Crippen molar-refractivity contribution in [1.82, 2.24) is 0 Å². The Labute approximate surface area is 109 Å². The highest BCUT2D eigenvalue weighted by atomic mass is 16.5. The molecule has 4 nitrogen and oxygen atoms in total. The first-order valence-corrected chi connectivity index (χ1v) is 7.39. The lowest BCUT2D eigenvalue weighted by molar-refractivity contribution is -0.177. The average Bonchev–Trinajstić information content (AvgIpc) is 2.76. The van der Waals surface area contributed by atoms with Crippen molar-refractivity contribution < 1.29 is 14.2 Å². The van der Waals surface area contributed by atoms with Gasteiger partial charge in [-0.05, 0) is 38.5 Å². The van der Waals surface area contributed by atoms with Crippen LogP contribution in [-0.4, -0.2) is 43.7 Å². The second kappa shape index (κ2) is 5.45. The van der Waals surface area contributed by atoms with Crippen molar-refractivity contribution >= 4 is 0 Å². The van der Waals surface area contributed by atoms with E-state index in [0.29, 0.717) is 18.2 Å². The second-order valence-corrected chi connectivity index (χ2v) is 6.09. The lowest BCUT2D eigenvalue weighted by atomic mass is 9.85. The van der Waals surface area contributed by atoms with Crippen molar-refractivity contribution in [2.75, 3.05) is 19.8 Å². The first kappa shape index (κ1) is 12.9. The molecule has 0 amide bonds. The van der Waals surface area contributed by atoms with Gasteiger partial charge in [-0.2, -0.15) is 0 Å². The van der Waals surface area contributed by atoms with Crippen LogP contribution in [0.25, 0.3) is 0 Å². The van der Waals surface area contributed by atoms with Gasteiger partial charge in [0.05, 0.1) is 17.8 Å². The molecule has 0 bridgehead atoms. The topological polar surface area (TPSA) is 53.7 Å². The molecule has 1 aliphatic carbocycles. The fourth-order valence-corrected chi connectivity index (χ4v) is 3.56. The lowest BCUT2D eigenvalue weighted by Gasteiger charge is -2.43. The quantitative estimate of drug-likeness (QED) is 0.814. The van der Waals surface area contributed by atoms with Gasteiger partial charge in [-0.15, -0.1) is 0 Å². The third kappa shape index (κ3) is 2.87. The third-order valence-electron chi connectivity index (χ3n) is 4.66. The smallest absolute Gasteiger partial charge is 0.0751 e. The van der Waals surface area contributed by atoms with Gasteiger partial charge in [0.2, 0.25) is 0 Å². The molecule has 1 spiro atoms. The van der Waals surface area contributed by atoms with Gasteiger partial charge in [-0.3, -0.25) is 0 Å². The molecule has 104 valence electrons. The molecular weight excluding hydrogens is 230 g/mol. The summed E-state index contributed by atoms with van der Waals surface area (Å²) in [5.41, 5.74) is 5.99. The summed E-state index contributed by atoms with van der Waals surface area (Å²) in [6, 6.07) is 0.354. The number of nitrogens with two attached hydrogens (primary N) is 1. The van der Waals surface area contributed by atoms with Gasteiger partial charge in [-0.1, -0.05) is 0 Å². The van der Waals surface area contributed by atoms with Crippen LogP contribution in [0.15, 0.2) is 0 Å². The Balaban J connectivity index is 1.53. The van der Waals surface area contributed by atoms with Crippen LogP contribution in [0.1, 0.15) is 44.9 Å². The lowest BCUT2D eigenvalue weighted by Crippen LogP contribution is -2.47. The Morgan fingerprint density at radius 1 is 1.00 bits per heavy atom. The first-order valence-electron chi connectivity index (χ1n) is 7.39. The maximum Gasteiger partial charge on any atom is 0.0751 e. The van der Waals surface area contributed by atoms with E-state index in [1.54, 1.807) is 0 Å². The van der Waals surface area contributed by atoms with Crippen LogP contribution in [0.3, 0.4) is 0 Å². The molecule has 3 unspecified atom stereocenters. The fourth-order valence-electron chi connectivity index (χ4n) is 3.56. The van der Waals surface area contributed by atoms with Gasteiger partial charge in [0.15, 0.2) is 0 Å². The van der Waals surface area contributed by atoms with Crippen LogP contribution in [0, 0.1) is 0 Å². The maximum absolute atomic E-state index is 6.25. The zero-order valence-corrected chi connectivity index (χ0v) is 11.1. The molecule has 2 N–H and O–H groups in total. The van der Waals surface area contributed by atoms with E-state index in [4.69, 9.17) is 19.9 Å². The Kier molecular flexibility index (Phi) is 3.89. The summed E-state index contributed by atoms with van der Waals surface area (Å²) >= 11 is 0. The van der Waals surface area contributed by atoms with E-state index in [9.17, 15) is 0 Å². The van der Waals surface area contributed by atoms with Crippen molar-refractivity contribution in [3.05, 3.63) is 0 Å². The van der Waals surface area contributed by atoms with E-state index in [2.05, 4.69) is 0 Å². The zero-order chi connectivity index (χ0) is 12.4. The number of hydrogen-bond acceptors (Lipinski definition) is 4. The summed E-state index contributed by atoms with van der Waals surface area (Å²) < 4.78 is 17.7. The van der Waals surface area contributed by atoms with Crippen molar-refractivity contribution in [3.63, 3.8) is 0 Å². The molecule has 2 aliphatic heterocycles. The van der Waals surface area contributed by atoms with E-state index in [1.165, 1.54) is 0 Å². The van der Waals surface area contributed by atoms with Gasteiger partial charge >= 0.3 is 0 Å². The molecule has 2 heterocycles. The number of hydrogen-bond donors (Lipinski definition) is 1. The molecule has 3 rings (SSSR count). The highest BCUT2D eigenvalue weighted by Crippen LogP contribution is 2.36. The van der Waals surface area contributed by atoms with Crippen LogP contribution < -0.4 is 5.73 Å². The van der Waals surface area contributed by atoms with Crippen molar-refractivity contribution in [3.8, 4) is 0 Å². The van der Waals surface area contributed by atoms with E-state index in [1.807, 2.05) is 0 Å². The molecule has 3 aliphatic rings. The van der Waals surface area contributed by atoms with E-state index >= 15 is 0 Å². The Morgan fingerprint density at radius 3 is 2.56 bits per heavy atom. The van der Waals surface area contributed by atoms with Gasteiger partial charge in [0.25, 0.3) is 0 Å². The normalized spacial score (nSPS) is 40.2. The van der Waals surface area contributed by atoms with Crippen LogP contribution in [-0.2, 0) is 14.2 Å².